The fourth-order valence-corrected chi connectivity index (χ4v) is 1.27. The van der Waals surface area contributed by atoms with E-state index in [1.807, 2.05) is 11.6 Å². The Balaban J connectivity index is 3.16. The first-order valence-electron chi connectivity index (χ1n) is 4.23. The van der Waals surface area contributed by atoms with E-state index in [4.69, 9.17) is 0 Å². The minimum absolute atomic E-state index is 0.0493. The van der Waals surface area contributed by atoms with Crippen molar-refractivity contribution in [2.45, 2.75) is 39.7 Å². The first-order chi connectivity index (χ1) is 5.46. The van der Waals surface area contributed by atoms with Crippen LogP contribution in [-0.4, -0.2) is 14.9 Å². The van der Waals surface area contributed by atoms with Gasteiger partial charge in [0.15, 0.2) is 5.75 Å². The van der Waals surface area contributed by atoms with Crippen LogP contribution in [-0.2, 0) is 12.0 Å². The Labute approximate surface area is 73.0 Å². The highest BCUT2D eigenvalue weighted by molar-refractivity contribution is 5.23. The summed E-state index contributed by atoms with van der Waals surface area (Å²) >= 11 is 0. The molecule has 3 nitrogen and oxygen atoms in total. The van der Waals surface area contributed by atoms with E-state index in [2.05, 4.69) is 25.9 Å². The van der Waals surface area contributed by atoms with Crippen LogP contribution in [0.2, 0.25) is 0 Å². The summed E-state index contributed by atoms with van der Waals surface area (Å²) in [4.78, 5) is 0. The molecule has 0 radical (unpaired) electrons. The Morgan fingerprint density at radius 3 is 2.42 bits per heavy atom. The van der Waals surface area contributed by atoms with Gasteiger partial charge in [0.05, 0.1) is 17.4 Å². The quantitative estimate of drug-likeness (QED) is 0.695. The van der Waals surface area contributed by atoms with Crippen molar-refractivity contribution in [3.05, 3.63) is 11.9 Å². The van der Waals surface area contributed by atoms with Gasteiger partial charge in [0.1, 0.15) is 0 Å². The molecular formula is C9H16N2O. The predicted molar refractivity (Wildman–Crippen MR) is 48.3 cm³/mol. The van der Waals surface area contributed by atoms with Crippen molar-refractivity contribution in [1.29, 1.82) is 0 Å². The third kappa shape index (κ3) is 1.44. The summed E-state index contributed by atoms with van der Waals surface area (Å²) < 4.78 is 1.86. The summed E-state index contributed by atoms with van der Waals surface area (Å²) in [7, 11) is 0. The van der Waals surface area contributed by atoms with Gasteiger partial charge < -0.3 is 5.11 Å². The van der Waals surface area contributed by atoms with Gasteiger partial charge in [-0.1, -0.05) is 6.92 Å². The van der Waals surface area contributed by atoms with Gasteiger partial charge in [0.25, 0.3) is 0 Å². The lowest BCUT2D eigenvalue weighted by molar-refractivity contribution is 0.340. The summed E-state index contributed by atoms with van der Waals surface area (Å²) in [5.74, 6) is 0.299. The van der Waals surface area contributed by atoms with Crippen molar-refractivity contribution in [3.8, 4) is 5.75 Å². The molecule has 0 bridgehead atoms. The van der Waals surface area contributed by atoms with Crippen LogP contribution in [0.25, 0.3) is 0 Å². The average Bonchev–Trinajstić information content (AvgIpc) is 2.29. The molecule has 3 heteroatoms. The molecule has 0 saturated carbocycles. The van der Waals surface area contributed by atoms with Crippen molar-refractivity contribution >= 4 is 0 Å². The predicted octanol–water partition coefficient (Wildman–Crippen LogP) is 1.91. The van der Waals surface area contributed by atoms with Crippen molar-refractivity contribution in [2.75, 3.05) is 0 Å². The van der Waals surface area contributed by atoms with Crippen molar-refractivity contribution in [3.63, 3.8) is 0 Å². The summed E-state index contributed by atoms with van der Waals surface area (Å²) in [6, 6.07) is 0. The van der Waals surface area contributed by atoms with Gasteiger partial charge in [-0.3, -0.25) is 4.68 Å². The van der Waals surface area contributed by atoms with E-state index >= 15 is 0 Å². The zero-order valence-corrected chi connectivity index (χ0v) is 8.13. The number of aromatic hydroxyl groups is 1. The van der Waals surface area contributed by atoms with E-state index in [0.717, 1.165) is 12.1 Å². The highest BCUT2D eigenvalue weighted by Crippen LogP contribution is 2.23. The van der Waals surface area contributed by atoms with Crippen LogP contribution in [0.3, 0.4) is 0 Å². The molecule has 1 aromatic heterocycles. The Hall–Kier alpha value is -0.990. The molecule has 1 rings (SSSR count). The van der Waals surface area contributed by atoms with Crippen molar-refractivity contribution in [2.24, 2.45) is 0 Å². The second-order valence-electron chi connectivity index (χ2n) is 3.91. The van der Waals surface area contributed by atoms with E-state index in [1.54, 1.807) is 0 Å². The van der Waals surface area contributed by atoms with Crippen LogP contribution in [0.1, 0.15) is 33.4 Å². The number of nitrogens with zero attached hydrogens (tertiary/aromatic N) is 2. The molecule has 1 aromatic rings. The van der Waals surface area contributed by atoms with Gasteiger partial charge in [0.2, 0.25) is 0 Å². The molecule has 0 aromatic carbocycles. The minimum Gasteiger partial charge on any atom is -0.504 e. The molecule has 0 aliphatic rings. The van der Waals surface area contributed by atoms with E-state index in [0.29, 0.717) is 5.75 Å². The zero-order chi connectivity index (χ0) is 9.35. The lowest BCUT2D eigenvalue weighted by Gasteiger charge is -2.21. The molecule has 1 N–H and O–H groups in total. The fraction of sp³-hybridized carbons (Fsp3) is 0.667. The first kappa shape index (κ1) is 9.10. The normalized spacial score (nSPS) is 12.0. The number of aromatic nitrogens is 2. The Bertz CT molecular complexity index is 271. The van der Waals surface area contributed by atoms with Gasteiger partial charge in [-0.2, -0.15) is 5.10 Å². The molecule has 0 unspecified atom stereocenters. The number of hydrogen-bond donors (Lipinski definition) is 1. The Kier molecular flexibility index (Phi) is 2.13. The van der Waals surface area contributed by atoms with E-state index in [-0.39, 0.29) is 5.54 Å². The fourth-order valence-electron chi connectivity index (χ4n) is 1.27. The monoisotopic (exact) mass is 168 g/mol. The largest absolute Gasteiger partial charge is 0.504 e. The molecule has 0 amide bonds. The Morgan fingerprint density at radius 1 is 1.50 bits per heavy atom. The Morgan fingerprint density at radius 2 is 2.08 bits per heavy atom. The molecule has 12 heavy (non-hydrogen) atoms. The number of rotatable bonds is 1. The topological polar surface area (TPSA) is 38.1 Å². The van der Waals surface area contributed by atoms with Gasteiger partial charge in [-0.25, -0.2) is 0 Å². The highest BCUT2D eigenvalue weighted by atomic mass is 16.3. The lowest BCUT2D eigenvalue weighted by Crippen LogP contribution is -2.24. The number of hydrogen-bond acceptors (Lipinski definition) is 2. The van der Waals surface area contributed by atoms with Gasteiger partial charge in [0, 0.05) is 0 Å². The average molecular weight is 168 g/mol. The molecule has 68 valence electrons. The van der Waals surface area contributed by atoms with Gasteiger partial charge >= 0.3 is 0 Å². The standard InChI is InChI=1S/C9H16N2O/c1-5-7-8(12)6-10-11(7)9(2,3)4/h6,12H,5H2,1-4H3. The maximum Gasteiger partial charge on any atom is 0.156 e. The van der Waals surface area contributed by atoms with Crippen LogP contribution in [0.4, 0.5) is 0 Å². The third-order valence-corrected chi connectivity index (χ3v) is 1.82. The van der Waals surface area contributed by atoms with Gasteiger partial charge in [-0.15, -0.1) is 0 Å². The minimum atomic E-state index is -0.0493. The van der Waals surface area contributed by atoms with Crippen LogP contribution in [0.15, 0.2) is 6.20 Å². The van der Waals surface area contributed by atoms with Gasteiger partial charge in [-0.05, 0) is 27.2 Å². The SMILES string of the molecule is CCc1c(O)cnn1C(C)(C)C. The van der Waals surface area contributed by atoms with E-state index in [9.17, 15) is 5.11 Å². The van der Waals surface area contributed by atoms with Crippen LogP contribution in [0.5, 0.6) is 5.75 Å². The maximum absolute atomic E-state index is 9.41. The van der Waals surface area contributed by atoms with Crippen molar-refractivity contribution in [1.82, 2.24) is 9.78 Å². The van der Waals surface area contributed by atoms with Crippen molar-refractivity contribution < 1.29 is 5.11 Å². The molecule has 0 aliphatic carbocycles. The summed E-state index contributed by atoms with van der Waals surface area (Å²) in [5.41, 5.74) is 0.856. The molecule has 0 fully saturated rings. The second kappa shape index (κ2) is 2.81. The molecule has 0 atom stereocenters. The smallest absolute Gasteiger partial charge is 0.156 e. The highest BCUT2D eigenvalue weighted by Gasteiger charge is 2.19. The first-order valence-corrected chi connectivity index (χ1v) is 4.23. The summed E-state index contributed by atoms with van der Waals surface area (Å²) in [5, 5.41) is 13.5. The maximum atomic E-state index is 9.41. The van der Waals surface area contributed by atoms with E-state index in [1.165, 1.54) is 6.20 Å². The zero-order valence-electron chi connectivity index (χ0n) is 8.13. The van der Waals surface area contributed by atoms with Crippen LogP contribution < -0.4 is 0 Å². The molecule has 1 heterocycles. The third-order valence-electron chi connectivity index (χ3n) is 1.82. The van der Waals surface area contributed by atoms with Crippen LogP contribution in [0, 0.1) is 0 Å². The van der Waals surface area contributed by atoms with E-state index < -0.39 is 0 Å². The molecule has 0 saturated heterocycles. The molecule has 0 spiro atoms. The second-order valence-corrected chi connectivity index (χ2v) is 3.91. The van der Waals surface area contributed by atoms with Crippen LogP contribution >= 0.6 is 0 Å². The summed E-state index contributed by atoms with van der Waals surface area (Å²) in [6.07, 6.45) is 2.31. The molecular weight excluding hydrogens is 152 g/mol. The summed E-state index contributed by atoms with van der Waals surface area (Å²) in [6.45, 7) is 8.22. The lowest BCUT2D eigenvalue weighted by atomic mass is 10.1. The molecule has 0 aliphatic heterocycles.